The number of methoxy groups -OCH3 is 2. The van der Waals surface area contributed by atoms with Gasteiger partial charge in [0.05, 0.1) is 14.2 Å². The Morgan fingerprint density at radius 1 is 0.611 bits per heavy atom. The maximum Gasteiger partial charge on any atom is 4.00 e. The summed E-state index contributed by atoms with van der Waals surface area (Å²) >= 11 is 0. The van der Waals surface area contributed by atoms with Crippen molar-refractivity contribution in [2.45, 2.75) is 58.8 Å². The van der Waals surface area contributed by atoms with Crippen molar-refractivity contribution >= 4 is 0 Å². The molecule has 0 radical (unpaired) electrons. The summed E-state index contributed by atoms with van der Waals surface area (Å²) in [6.45, 7) is 4.47. The summed E-state index contributed by atoms with van der Waals surface area (Å²) in [7, 11) is 3.28. The van der Waals surface area contributed by atoms with Crippen LogP contribution in [-0.4, -0.2) is 14.2 Å². The molecule has 0 unspecified atom stereocenters. The average Bonchev–Trinajstić information content (AvgIpc) is 3.64. The fourth-order valence-corrected chi connectivity index (χ4v) is 3.13. The maximum absolute atomic E-state index is 4.88. The van der Waals surface area contributed by atoms with E-state index in [1.807, 2.05) is 36.4 Å². The summed E-state index contributed by atoms with van der Waals surface area (Å²) in [6, 6.07) is 37.8. The van der Waals surface area contributed by atoms with Gasteiger partial charge >= 0.3 is 21.7 Å². The third-order valence-corrected chi connectivity index (χ3v) is 5.18. The Labute approximate surface area is 235 Å². The van der Waals surface area contributed by atoms with Crippen LogP contribution < -0.4 is 9.47 Å². The van der Waals surface area contributed by atoms with E-state index in [2.05, 4.69) is 74.5 Å². The topological polar surface area (TPSA) is 18.5 Å². The van der Waals surface area contributed by atoms with Gasteiger partial charge in [-0.2, -0.15) is 71.8 Å². The number of rotatable bonds is 9. The number of aryl methyl sites for hydroxylation is 2. The molecular formula is C33H42O2Ti. The summed E-state index contributed by atoms with van der Waals surface area (Å²) < 4.78 is 9.77. The molecule has 4 aromatic carbocycles. The Kier molecular flexibility index (Phi) is 22.5. The predicted molar refractivity (Wildman–Crippen MR) is 150 cm³/mol. The molecule has 36 heavy (non-hydrogen) atoms. The first kappa shape index (κ1) is 33.5. The van der Waals surface area contributed by atoms with E-state index in [0.29, 0.717) is 0 Å². The van der Waals surface area contributed by atoms with Crippen molar-refractivity contribution < 1.29 is 31.2 Å². The molecule has 0 aliphatic heterocycles. The number of benzene rings is 2. The minimum Gasteiger partial charge on any atom is -0.554 e. The molecule has 0 bridgehead atoms. The zero-order chi connectivity index (χ0) is 25.4. The van der Waals surface area contributed by atoms with Crippen LogP contribution in [0.2, 0.25) is 0 Å². The number of unbranched alkanes of at least 4 members (excludes halogenated alkanes) is 3. The van der Waals surface area contributed by atoms with E-state index in [1.165, 1.54) is 56.1 Å². The zero-order valence-corrected chi connectivity index (χ0v) is 24.1. The molecule has 0 saturated heterocycles. The number of hydrogen-bond donors (Lipinski definition) is 0. The second kappa shape index (κ2) is 24.2. The fraction of sp³-hybridized carbons (Fsp3) is 0.333. The summed E-state index contributed by atoms with van der Waals surface area (Å²) in [5, 5.41) is 0. The first-order valence-electron chi connectivity index (χ1n) is 12.6. The summed E-state index contributed by atoms with van der Waals surface area (Å²) in [5.41, 5.74) is 2.98. The minimum absolute atomic E-state index is 0. The molecule has 4 rings (SSSR count). The van der Waals surface area contributed by atoms with Gasteiger partial charge in [0.15, 0.2) is 0 Å². The summed E-state index contributed by atoms with van der Waals surface area (Å²) in [5.74, 6) is 1.71. The molecule has 3 heteroatoms. The van der Waals surface area contributed by atoms with Gasteiger partial charge in [0.1, 0.15) is 0 Å². The monoisotopic (exact) mass is 518 g/mol. The van der Waals surface area contributed by atoms with Crippen LogP contribution in [0.1, 0.15) is 57.1 Å². The van der Waals surface area contributed by atoms with Gasteiger partial charge in [-0.15, -0.1) is 24.3 Å². The van der Waals surface area contributed by atoms with Crippen LogP contribution in [-0.2, 0) is 34.6 Å². The normalized spacial score (nSPS) is 9.11. The second-order valence-corrected chi connectivity index (χ2v) is 8.03. The van der Waals surface area contributed by atoms with Gasteiger partial charge in [0.25, 0.3) is 0 Å². The van der Waals surface area contributed by atoms with Crippen LogP contribution in [0.25, 0.3) is 0 Å². The molecule has 0 aliphatic rings. The van der Waals surface area contributed by atoms with E-state index in [4.69, 9.17) is 9.47 Å². The standard InChI is InChI=1S/C10H15.C9H13.2C7H7O.Ti/c1-2-3-4-7-10-8-5-6-9-10;1-2-3-6-9-7-4-5-8-9;2*1-8-7-5-3-2-4-6-7;/h5-6,8-9H,2-4,7H2,1H3;4-5,7-8H,2-3,6H2,1H3;2*2-3,5-6H,1H3;/q4*-1;+4. The molecule has 0 atom stereocenters. The fourth-order valence-electron chi connectivity index (χ4n) is 3.13. The van der Waals surface area contributed by atoms with Crippen molar-refractivity contribution in [1.82, 2.24) is 0 Å². The van der Waals surface area contributed by atoms with E-state index < -0.39 is 0 Å². The van der Waals surface area contributed by atoms with Gasteiger partial charge < -0.3 is 9.47 Å². The second-order valence-electron chi connectivity index (χ2n) is 8.03. The quantitative estimate of drug-likeness (QED) is 0.125. The molecule has 0 spiro atoms. The zero-order valence-electron chi connectivity index (χ0n) is 22.5. The van der Waals surface area contributed by atoms with Crippen molar-refractivity contribution in [3.8, 4) is 11.5 Å². The van der Waals surface area contributed by atoms with Crippen LogP contribution in [0.15, 0.2) is 97.1 Å². The van der Waals surface area contributed by atoms with Crippen molar-refractivity contribution in [2.75, 3.05) is 14.2 Å². The van der Waals surface area contributed by atoms with E-state index in [1.54, 1.807) is 26.4 Å². The molecule has 0 fully saturated rings. The number of ether oxygens (including phenoxy) is 2. The molecule has 0 heterocycles. The molecule has 0 N–H and O–H groups in total. The molecule has 0 aliphatic carbocycles. The Morgan fingerprint density at radius 3 is 1.33 bits per heavy atom. The molecule has 0 amide bonds. The van der Waals surface area contributed by atoms with Crippen LogP contribution in [0.3, 0.4) is 0 Å². The van der Waals surface area contributed by atoms with Gasteiger partial charge in [-0.05, 0) is 0 Å². The summed E-state index contributed by atoms with van der Waals surface area (Å²) in [6.07, 6.45) is 9.17. The van der Waals surface area contributed by atoms with Gasteiger partial charge in [-0.25, -0.2) is 24.3 Å². The Bertz CT molecular complexity index is 862. The largest absolute Gasteiger partial charge is 4.00 e. The average molecular weight is 519 g/mol. The molecule has 0 saturated carbocycles. The number of hydrogen-bond acceptors (Lipinski definition) is 2. The van der Waals surface area contributed by atoms with Crippen molar-refractivity contribution in [1.29, 1.82) is 0 Å². The molecular weight excluding hydrogens is 476 g/mol. The molecule has 190 valence electrons. The van der Waals surface area contributed by atoms with Gasteiger partial charge in [-0.3, -0.25) is 0 Å². The third kappa shape index (κ3) is 17.8. The van der Waals surface area contributed by atoms with Crippen LogP contribution in [0.5, 0.6) is 11.5 Å². The Balaban J connectivity index is 0.000000451. The Hall–Kier alpha value is -2.55. The third-order valence-electron chi connectivity index (χ3n) is 5.18. The predicted octanol–water partition coefficient (Wildman–Crippen LogP) is 8.87. The molecule has 0 aromatic heterocycles. The van der Waals surface area contributed by atoms with Gasteiger partial charge in [-0.1, -0.05) is 58.8 Å². The van der Waals surface area contributed by atoms with E-state index in [9.17, 15) is 0 Å². The minimum atomic E-state index is 0. The summed E-state index contributed by atoms with van der Waals surface area (Å²) in [4.78, 5) is 0. The van der Waals surface area contributed by atoms with Gasteiger partial charge in [0, 0.05) is 11.5 Å². The van der Waals surface area contributed by atoms with Crippen molar-refractivity contribution in [2.24, 2.45) is 0 Å². The molecule has 2 nitrogen and oxygen atoms in total. The molecule has 4 aromatic rings. The maximum atomic E-state index is 4.88. The van der Waals surface area contributed by atoms with Crippen LogP contribution in [0.4, 0.5) is 0 Å². The first-order chi connectivity index (χ1) is 17.2. The van der Waals surface area contributed by atoms with E-state index in [0.717, 1.165) is 11.5 Å². The van der Waals surface area contributed by atoms with Crippen LogP contribution in [0, 0.1) is 12.1 Å². The SMILES string of the molecule is CCCCC[c-]1cccc1.CCCC[c-]1cccc1.COc1c[c-]ccc1.COc1c[c-]ccc1.[Ti+4]. The van der Waals surface area contributed by atoms with E-state index >= 15 is 0 Å². The van der Waals surface area contributed by atoms with Gasteiger partial charge in [0.2, 0.25) is 0 Å². The Morgan fingerprint density at radius 2 is 1.03 bits per heavy atom. The first-order valence-corrected chi connectivity index (χ1v) is 12.6. The smallest absolute Gasteiger partial charge is 0.554 e. The van der Waals surface area contributed by atoms with Crippen LogP contribution >= 0.6 is 0 Å². The van der Waals surface area contributed by atoms with E-state index in [-0.39, 0.29) is 21.7 Å². The van der Waals surface area contributed by atoms with Crippen molar-refractivity contribution in [3.05, 3.63) is 120 Å². The van der Waals surface area contributed by atoms with Crippen molar-refractivity contribution in [3.63, 3.8) is 0 Å².